The van der Waals surface area contributed by atoms with Gasteiger partial charge in [0.15, 0.2) is 0 Å². The monoisotopic (exact) mass is 342 g/mol. The molecule has 2 N–H and O–H groups in total. The van der Waals surface area contributed by atoms with E-state index in [0.717, 1.165) is 19.6 Å². The second-order valence-corrected chi connectivity index (χ2v) is 8.99. The number of hydrogen-bond donors (Lipinski definition) is 2. The van der Waals surface area contributed by atoms with Gasteiger partial charge in [-0.2, -0.15) is 0 Å². The minimum Gasteiger partial charge on any atom is -0.389 e. The van der Waals surface area contributed by atoms with Gasteiger partial charge in [0.05, 0.1) is 5.60 Å². The van der Waals surface area contributed by atoms with Gasteiger partial charge in [-0.3, -0.25) is 4.90 Å². The predicted molar refractivity (Wildman–Crippen MR) is 99.2 cm³/mol. The molecule has 0 aromatic rings. The molecule has 0 saturated carbocycles. The second-order valence-electron chi connectivity index (χ2n) is 8.99. The molecule has 1 aliphatic heterocycles. The van der Waals surface area contributed by atoms with Crippen molar-refractivity contribution in [3.05, 3.63) is 0 Å². The summed E-state index contributed by atoms with van der Waals surface area (Å²) in [7, 11) is 4.11. The van der Waals surface area contributed by atoms with Crippen LogP contribution in [0.15, 0.2) is 0 Å². The first-order valence-electron chi connectivity index (χ1n) is 8.98. The van der Waals surface area contributed by atoms with E-state index in [2.05, 4.69) is 56.9 Å². The van der Waals surface area contributed by atoms with Gasteiger partial charge >= 0.3 is 6.03 Å². The lowest BCUT2D eigenvalue weighted by atomic mass is 9.85. The number of hydrogen-bond acceptors (Lipinski definition) is 4. The lowest BCUT2D eigenvalue weighted by Gasteiger charge is -2.43. The second kappa shape index (κ2) is 8.02. The van der Waals surface area contributed by atoms with Gasteiger partial charge < -0.3 is 20.2 Å². The molecule has 142 valence electrons. The highest BCUT2D eigenvalue weighted by molar-refractivity contribution is 5.75. The average Bonchev–Trinajstić information content (AvgIpc) is 2.34. The number of β-amino-alcohol motifs (C(OH)–C–C–N with tert-alkyl or cyclic N) is 1. The maximum Gasteiger partial charge on any atom is 0.317 e. The first kappa shape index (κ1) is 21.2. The number of urea groups is 1. The molecule has 0 bridgehead atoms. The van der Waals surface area contributed by atoms with Crippen molar-refractivity contribution >= 4 is 6.03 Å². The summed E-state index contributed by atoms with van der Waals surface area (Å²) in [4.78, 5) is 19.0. The summed E-state index contributed by atoms with van der Waals surface area (Å²) in [6, 6.07) is 0.254. The van der Waals surface area contributed by atoms with Gasteiger partial charge in [-0.15, -0.1) is 0 Å². The molecule has 0 aromatic heterocycles. The molecule has 1 fully saturated rings. The van der Waals surface area contributed by atoms with Crippen LogP contribution in [0, 0.1) is 5.41 Å². The molecular weight excluding hydrogens is 304 g/mol. The maximum absolute atomic E-state index is 12.7. The van der Waals surface area contributed by atoms with Crippen LogP contribution in [0.5, 0.6) is 0 Å². The third-order valence-electron chi connectivity index (χ3n) is 4.82. The molecule has 0 radical (unpaired) electrons. The maximum atomic E-state index is 12.7. The van der Waals surface area contributed by atoms with Crippen molar-refractivity contribution in [2.75, 3.05) is 46.8 Å². The van der Waals surface area contributed by atoms with Crippen LogP contribution in [-0.2, 0) is 0 Å². The first-order chi connectivity index (χ1) is 10.8. The molecule has 1 rings (SSSR count). The number of nitrogens with zero attached hydrogens (tertiary/aromatic N) is 3. The fraction of sp³-hybridized carbons (Fsp3) is 0.944. The zero-order valence-corrected chi connectivity index (χ0v) is 16.9. The zero-order chi connectivity index (χ0) is 18.7. The summed E-state index contributed by atoms with van der Waals surface area (Å²) in [6.45, 7) is 16.0. The average molecular weight is 343 g/mol. The molecule has 1 heterocycles. The van der Waals surface area contributed by atoms with Gasteiger partial charge in [0.25, 0.3) is 0 Å². The minimum atomic E-state index is -0.700. The number of rotatable bonds is 6. The van der Waals surface area contributed by atoms with Crippen LogP contribution in [0.2, 0.25) is 0 Å². The Hall–Kier alpha value is -0.850. The summed E-state index contributed by atoms with van der Waals surface area (Å²) in [6.07, 6.45) is 0. The number of amides is 2. The van der Waals surface area contributed by atoms with Crippen LogP contribution in [0.4, 0.5) is 4.79 Å². The van der Waals surface area contributed by atoms with Crippen molar-refractivity contribution < 1.29 is 9.90 Å². The molecular formula is C18H38N4O2. The standard InChI is InChI=1S/C18H38N4O2/c1-14-11-21(13-18(5,6)24)9-10-22(14)16(23)19-15(2)17(3,4)12-20(7)8/h14-15,24H,9-13H2,1-8H3,(H,19,23)/t14-,15-/m0/s1. The fourth-order valence-electron chi connectivity index (χ4n) is 3.44. The molecule has 2 amide bonds. The van der Waals surface area contributed by atoms with Gasteiger partial charge in [0.2, 0.25) is 0 Å². The number of carbonyl (C=O) groups excluding carboxylic acids is 1. The summed E-state index contributed by atoms with van der Waals surface area (Å²) in [5.41, 5.74) is -0.694. The van der Waals surface area contributed by atoms with E-state index in [-0.39, 0.29) is 23.5 Å². The number of aliphatic hydroxyl groups is 1. The van der Waals surface area contributed by atoms with Crippen molar-refractivity contribution in [2.45, 2.75) is 59.2 Å². The number of piperazine rings is 1. The molecule has 24 heavy (non-hydrogen) atoms. The topological polar surface area (TPSA) is 59.1 Å². The van der Waals surface area contributed by atoms with Crippen LogP contribution in [0.25, 0.3) is 0 Å². The van der Waals surface area contributed by atoms with E-state index in [9.17, 15) is 9.90 Å². The number of carbonyl (C=O) groups is 1. The van der Waals surface area contributed by atoms with Crippen molar-refractivity contribution in [3.63, 3.8) is 0 Å². The van der Waals surface area contributed by atoms with Crippen molar-refractivity contribution in [3.8, 4) is 0 Å². The Bertz CT molecular complexity index is 418. The lowest BCUT2D eigenvalue weighted by molar-refractivity contribution is 0.0113. The fourth-order valence-corrected chi connectivity index (χ4v) is 3.44. The van der Waals surface area contributed by atoms with E-state index in [1.165, 1.54) is 0 Å². The zero-order valence-electron chi connectivity index (χ0n) is 16.9. The van der Waals surface area contributed by atoms with Crippen LogP contribution < -0.4 is 5.32 Å². The largest absolute Gasteiger partial charge is 0.389 e. The predicted octanol–water partition coefficient (Wildman–Crippen LogP) is 1.45. The Morgan fingerprint density at radius 3 is 2.33 bits per heavy atom. The Morgan fingerprint density at radius 1 is 1.29 bits per heavy atom. The molecule has 2 atom stereocenters. The van der Waals surface area contributed by atoms with E-state index in [0.29, 0.717) is 13.1 Å². The Labute approximate surface area is 148 Å². The van der Waals surface area contributed by atoms with E-state index in [1.807, 2.05) is 18.7 Å². The van der Waals surface area contributed by atoms with E-state index < -0.39 is 5.60 Å². The van der Waals surface area contributed by atoms with Crippen molar-refractivity contribution in [1.82, 2.24) is 20.0 Å². The van der Waals surface area contributed by atoms with Gasteiger partial charge in [-0.1, -0.05) is 13.8 Å². The highest BCUT2D eigenvalue weighted by atomic mass is 16.3. The van der Waals surface area contributed by atoms with E-state index >= 15 is 0 Å². The highest BCUT2D eigenvalue weighted by Crippen LogP contribution is 2.22. The Kier molecular flexibility index (Phi) is 7.08. The molecule has 0 aliphatic carbocycles. The summed E-state index contributed by atoms with van der Waals surface area (Å²) in [5, 5.41) is 13.2. The summed E-state index contributed by atoms with van der Waals surface area (Å²) >= 11 is 0. The Morgan fingerprint density at radius 2 is 1.88 bits per heavy atom. The summed E-state index contributed by atoms with van der Waals surface area (Å²) < 4.78 is 0. The van der Waals surface area contributed by atoms with Crippen LogP contribution in [0.3, 0.4) is 0 Å². The molecule has 6 heteroatoms. The normalized spacial score (nSPS) is 21.9. The third-order valence-corrected chi connectivity index (χ3v) is 4.82. The summed E-state index contributed by atoms with van der Waals surface area (Å²) in [5.74, 6) is 0. The van der Waals surface area contributed by atoms with Gasteiger partial charge in [-0.25, -0.2) is 4.79 Å². The van der Waals surface area contributed by atoms with Crippen LogP contribution in [-0.4, -0.2) is 90.3 Å². The van der Waals surface area contributed by atoms with Crippen molar-refractivity contribution in [2.24, 2.45) is 5.41 Å². The lowest BCUT2D eigenvalue weighted by Crippen LogP contribution is -2.60. The molecule has 0 spiro atoms. The smallest absolute Gasteiger partial charge is 0.317 e. The van der Waals surface area contributed by atoms with E-state index in [4.69, 9.17) is 0 Å². The van der Waals surface area contributed by atoms with Gasteiger partial charge in [0.1, 0.15) is 0 Å². The van der Waals surface area contributed by atoms with Crippen molar-refractivity contribution in [1.29, 1.82) is 0 Å². The Balaban J connectivity index is 2.57. The molecule has 0 unspecified atom stereocenters. The van der Waals surface area contributed by atoms with Crippen LogP contribution in [0.1, 0.15) is 41.5 Å². The van der Waals surface area contributed by atoms with Gasteiger partial charge in [-0.05, 0) is 47.2 Å². The molecule has 1 aliphatic rings. The SMILES string of the molecule is C[C@H](NC(=O)N1CCN(CC(C)(C)O)C[C@@H]1C)C(C)(C)CN(C)C. The number of nitrogens with one attached hydrogen (secondary N) is 1. The van der Waals surface area contributed by atoms with Gasteiger partial charge in [0, 0.05) is 44.8 Å². The molecule has 0 aromatic carbocycles. The molecule has 1 saturated heterocycles. The van der Waals surface area contributed by atoms with Crippen LogP contribution >= 0.6 is 0 Å². The first-order valence-corrected chi connectivity index (χ1v) is 8.98. The minimum absolute atomic E-state index is 0.00509. The highest BCUT2D eigenvalue weighted by Gasteiger charge is 2.33. The molecule has 6 nitrogen and oxygen atoms in total. The third kappa shape index (κ3) is 6.57. The van der Waals surface area contributed by atoms with E-state index in [1.54, 1.807) is 0 Å². The quantitative estimate of drug-likeness (QED) is 0.767.